The summed E-state index contributed by atoms with van der Waals surface area (Å²) in [7, 11) is 0. The van der Waals surface area contributed by atoms with Gasteiger partial charge in [0, 0.05) is 12.1 Å². The molecule has 0 unspecified atom stereocenters. The minimum atomic E-state index is -0.939. The Bertz CT molecular complexity index is 517. The third-order valence-electron chi connectivity index (χ3n) is 2.55. The van der Waals surface area contributed by atoms with Crippen molar-refractivity contribution < 1.29 is 9.90 Å². The van der Waals surface area contributed by atoms with Crippen LogP contribution in [0.4, 0.5) is 0 Å². The van der Waals surface area contributed by atoms with Crippen molar-refractivity contribution >= 4 is 5.97 Å². The molecule has 0 aliphatic heterocycles. The van der Waals surface area contributed by atoms with E-state index in [1.54, 1.807) is 4.68 Å². The summed E-state index contributed by atoms with van der Waals surface area (Å²) in [5, 5.41) is 13.3. The fourth-order valence-corrected chi connectivity index (χ4v) is 1.82. The Morgan fingerprint density at radius 3 is 2.65 bits per heavy atom. The number of carbonyl (C=O) groups is 1. The average Bonchev–Trinajstić information content (AvgIpc) is 2.74. The van der Waals surface area contributed by atoms with Gasteiger partial charge in [0.2, 0.25) is 0 Å². The van der Waals surface area contributed by atoms with E-state index in [0.29, 0.717) is 5.69 Å². The van der Waals surface area contributed by atoms with E-state index in [0.717, 1.165) is 18.5 Å². The summed E-state index contributed by atoms with van der Waals surface area (Å²) in [6.07, 6.45) is 2.33. The fraction of sp³-hybridized carbons (Fsp3) is 0.231. The second kappa shape index (κ2) is 4.82. The third-order valence-corrected chi connectivity index (χ3v) is 2.55. The minimum Gasteiger partial charge on any atom is -0.478 e. The van der Waals surface area contributed by atoms with Crippen LogP contribution in [0.15, 0.2) is 36.5 Å². The maximum absolute atomic E-state index is 11.2. The SMILES string of the molecule is CCCn1ncc(C(=O)O)c1-c1ccccc1. The maximum atomic E-state index is 11.2. The number of aromatic carboxylic acids is 1. The summed E-state index contributed by atoms with van der Waals surface area (Å²) in [4.78, 5) is 11.2. The first kappa shape index (κ1) is 11.4. The van der Waals surface area contributed by atoms with Crippen molar-refractivity contribution in [2.45, 2.75) is 19.9 Å². The molecule has 0 amide bonds. The van der Waals surface area contributed by atoms with Crippen molar-refractivity contribution in [3.8, 4) is 11.3 Å². The number of carboxylic acid groups (broad SMARTS) is 1. The van der Waals surface area contributed by atoms with Gasteiger partial charge in [-0.2, -0.15) is 5.10 Å². The molecule has 1 N–H and O–H groups in total. The number of nitrogens with zero attached hydrogens (tertiary/aromatic N) is 2. The number of carboxylic acids is 1. The molecule has 0 bridgehead atoms. The van der Waals surface area contributed by atoms with Crippen molar-refractivity contribution in [2.75, 3.05) is 0 Å². The first-order chi connectivity index (χ1) is 8.24. The molecule has 4 heteroatoms. The number of rotatable bonds is 4. The number of benzene rings is 1. The van der Waals surface area contributed by atoms with Crippen molar-refractivity contribution in [1.82, 2.24) is 9.78 Å². The van der Waals surface area contributed by atoms with Crippen LogP contribution < -0.4 is 0 Å². The van der Waals surface area contributed by atoms with Crippen LogP contribution >= 0.6 is 0 Å². The van der Waals surface area contributed by atoms with E-state index < -0.39 is 5.97 Å². The Balaban J connectivity index is 2.56. The van der Waals surface area contributed by atoms with E-state index in [4.69, 9.17) is 5.11 Å². The molecule has 0 saturated heterocycles. The highest BCUT2D eigenvalue weighted by molar-refractivity contribution is 5.94. The summed E-state index contributed by atoms with van der Waals surface area (Å²) < 4.78 is 1.75. The van der Waals surface area contributed by atoms with Crippen molar-refractivity contribution in [1.29, 1.82) is 0 Å². The van der Waals surface area contributed by atoms with Crippen molar-refractivity contribution in [3.63, 3.8) is 0 Å². The van der Waals surface area contributed by atoms with E-state index in [1.807, 2.05) is 37.3 Å². The number of aryl methyl sites for hydroxylation is 1. The van der Waals surface area contributed by atoms with Crippen LogP contribution in [0.25, 0.3) is 11.3 Å². The van der Waals surface area contributed by atoms with Gasteiger partial charge in [0.05, 0.1) is 11.9 Å². The Morgan fingerprint density at radius 1 is 1.35 bits per heavy atom. The normalized spacial score (nSPS) is 10.4. The van der Waals surface area contributed by atoms with Gasteiger partial charge in [-0.05, 0) is 6.42 Å². The zero-order valence-corrected chi connectivity index (χ0v) is 9.63. The summed E-state index contributed by atoms with van der Waals surface area (Å²) in [6.45, 7) is 2.76. The van der Waals surface area contributed by atoms with Crippen LogP contribution in [-0.4, -0.2) is 20.9 Å². The Labute approximate surface area is 99.5 Å². The lowest BCUT2D eigenvalue weighted by Gasteiger charge is -2.07. The van der Waals surface area contributed by atoms with E-state index in [2.05, 4.69) is 5.10 Å². The zero-order valence-electron chi connectivity index (χ0n) is 9.63. The molecule has 1 aromatic heterocycles. The molecule has 0 spiro atoms. The summed E-state index contributed by atoms with van der Waals surface area (Å²) >= 11 is 0. The predicted molar refractivity (Wildman–Crippen MR) is 64.9 cm³/mol. The summed E-state index contributed by atoms with van der Waals surface area (Å²) in [5.41, 5.74) is 1.82. The van der Waals surface area contributed by atoms with Crippen LogP contribution in [0.3, 0.4) is 0 Å². The molecule has 0 radical (unpaired) electrons. The monoisotopic (exact) mass is 230 g/mol. The molecule has 88 valence electrons. The van der Waals surface area contributed by atoms with Crippen LogP contribution in [0.5, 0.6) is 0 Å². The van der Waals surface area contributed by atoms with Crippen LogP contribution in [0.1, 0.15) is 23.7 Å². The largest absolute Gasteiger partial charge is 0.478 e. The quantitative estimate of drug-likeness (QED) is 0.878. The van der Waals surface area contributed by atoms with Gasteiger partial charge >= 0.3 is 5.97 Å². The molecule has 0 aliphatic carbocycles. The molecule has 0 atom stereocenters. The van der Waals surface area contributed by atoms with Gasteiger partial charge in [-0.3, -0.25) is 4.68 Å². The molecule has 17 heavy (non-hydrogen) atoms. The number of hydrogen-bond acceptors (Lipinski definition) is 2. The van der Waals surface area contributed by atoms with Gasteiger partial charge in [-0.25, -0.2) is 4.79 Å². The van der Waals surface area contributed by atoms with Gasteiger partial charge in [0.25, 0.3) is 0 Å². The molecule has 2 aromatic rings. The molecule has 4 nitrogen and oxygen atoms in total. The highest BCUT2D eigenvalue weighted by Crippen LogP contribution is 2.23. The van der Waals surface area contributed by atoms with Gasteiger partial charge < -0.3 is 5.11 Å². The minimum absolute atomic E-state index is 0.254. The van der Waals surface area contributed by atoms with Crippen LogP contribution in [-0.2, 0) is 6.54 Å². The molecule has 0 fully saturated rings. The second-order valence-electron chi connectivity index (χ2n) is 3.80. The van der Waals surface area contributed by atoms with Crippen LogP contribution in [0.2, 0.25) is 0 Å². The molecule has 1 aromatic carbocycles. The zero-order chi connectivity index (χ0) is 12.3. The van der Waals surface area contributed by atoms with E-state index >= 15 is 0 Å². The van der Waals surface area contributed by atoms with Crippen molar-refractivity contribution in [2.24, 2.45) is 0 Å². The second-order valence-corrected chi connectivity index (χ2v) is 3.80. The van der Waals surface area contributed by atoms with E-state index in [1.165, 1.54) is 6.20 Å². The first-order valence-corrected chi connectivity index (χ1v) is 5.58. The lowest BCUT2D eigenvalue weighted by Crippen LogP contribution is -2.04. The van der Waals surface area contributed by atoms with Gasteiger partial charge in [-0.1, -0.05) is 37.3 Å². The Morgan fingerprint density at radius 2 is 2.06 bits per heavy atom. The van der Waals surface area contributed by atoms with Gasteiger partial charge in [0.15, 0.2) is 0 Å². The number of hydrogen-bond donors (Lipinski definition) is 1. The topological polar surface area (TPSA) is 55.1 Å². The Kier molecular flexibility index (Phi) is 3.23. The lowest BCUT2D eigenvalue weighted by molar-refractivity contribution is 0.0697. The molecular weight excluding hydrogens is 216 g/mol. The third kappa shape index (κ3) is 2.20. The first-order valence-electron chi connectivity index (χ1n) is 5.58. The van der Waals surface area contributed by atoms with Crippen LogP contribution in [0, 0.1) is 0 Å². The van der Waals surface area contributed by atoms with Gasteiger partial charge in [-0.15, -0.1) is 0 Å². The van der Waals surface area contributed by atoms with E-state index in [-0.39, 0.29) is 5.56 Å². The molecule has 0 aliphatic rings. The van der Waals surface area contributed by atoms with Crippen molar-refractivity contribution in [3.05, 3.63) is 42.1 Å². The highest BCUT2D eigenvalue weighted by atomic mass is 16.4. The number of aromatic nitrogens is 2. The highest BCUT2D eigenvalue weighted by Gasteiger charge is 2.17. The summed E-state index contributed by atoms with van der Waals surface area (Å²) in [5.74, 6) is -0.939. The fourth-order valence-electron chi connectivity index (χ4n) is 1.82. The average molecular weight is 230 g/mol. The lowest BCUT2D eigenvalue weighted by atomic mass is 10.1. The standard InChI is InChI=1S/C13H14N2O2/c1-2-8-15-12(10-6-4-3-5-7-10)11(9-14-15)13(16)17/h3-7,9H,2,8H2,1H3,(H,16,17). The van der Waals surface area contributed by atoms with Gasteiger partial charge in [0.1, 0.15) is 5.56 Å². The summed E-state index contributed by atoms with van der Waals surface area (Å²) in [6, 6.07) is 9.49. The maximum Gasteiger partial charge on any atom is 0.339 e. The molecular formula is C13H14N2O2. The predicted octanol–water partition coefficient (Wildman–Crippen LogP) is 2.66. The Hall–Kier alpha value is -2.10. The molecule has 2 rings (SSSR count). The molecule has 0 saturated carbocycles. The smallest absolute Gasteiger partial charge is 0.339 e. The van der Waals surface area contributed by atoms with E-state index in [9.17, 15) is 4.79 Å². The molecule has 1 heterocycles.